The predicted molar refractivity (Wildman–Crippen MR) is 140 cm³/mol. The van der Waals surface area contributed by atoms with Crippen LogP contribution in [-0.4, -0.2) is 10.3 Å². The summed E-state index contributed by atoms with van der Waals surface area (Å²) in [6.45, 7) is 0. The summed E-state index contributed by atoms with van der Waals surface area (Å²) in [5.74, 6) is 3.57. The van der Waals surface area contributed by atoms with Gasteiger partial charge in [-0.1, -0.05) is 28.5 Å². The molecule has 6 heteroatoms. The van der Waals surface area contributed by atoms with Gasteiger partial charge >= 0.3 is 34.1 Å². The Morgan fingerprint density at radius 1 is 0.421 bits per heavy atom. The summed E-state index contributed by atoms with van der Waals surface area (Å²) in [5.41, 5.74) is 3.54. The summed E-state index contributed by atoms with van der Waals surface area (Å²) in [6.07, 6.45) is 35.9. The molecule has 0 aliphatic heterocycles. The molecule has 0 atom stereocenters. The molecule has 4 nitrogen and oxygen atoms in total. The van der Waals surface area contributed by atoms with E-state index in [9.17, 15) is 0 Å². The summed E-state index contributed by atoms with van der Waals surface area (Å²) < 4.78 is 11.0. The van der Waals surface area contributed by atoms with E-state index in [-0.39, 0.29) is 34.1 Å². The van der Waals surface area contributed by atoms with Crippen molar-refractivity contribution in [2.45, 2.75) is 0 Å². The fourth-order valence-electron chi connectivity index (χ4n) is 3.65. The van der Waals surface area contributed by atoms with Crippen molar-refractivity contribution in [2.24, 2.45) is 0 Å². The van der Waals surface area contributed by atoms with E-state index in [0.717, 1.165) is 45.9 Å². The number of hydrogen-bond acceptors (Lipinski definition) is 4. The number of aromatic nitrogens is 2. The largest absolute Gasteiger partial charge is 2.00 e. The number of rotatable bonds is 4. The topological polar surface area (TPSA) is 52.1 Å². The van der Waals surface area contributed by atoms with Gasteiger partial charge in [-0.15, -0.1) is 0 Å². The van der Waals surface area contributed by atoms with Crippen molar-refractivity contribution in [2.75, 3.05) is 0 Å². The molecule has 2 aromatic heterocycles. The molecule has 4 saturated carbocycles. The molecule has 0 unspecified atom stereocenters. The van der Waals surface area contributed by atoms with Gasteiger partial charge in [0.1, 0.15) is 22.9 Å². The Labute approximate surface area is 250 Å². The van der Waals surface area contributed by atoms with Crippen molar-refractivity contribution in [3.8, 4) is 22.5 Å². The summed E-state index contributed by atoms with van der Waals surface area (Å²) in [4.78, 5) is 0. The van der Waals surface area contributed by atoms with Crippen LogP contribution in [0, 0.1) is 127 Å². The normalized spacial score (nSPS) is 19.2. The maximum atomic E-state index is 5.48. The smallest absolute Gasteiger partial charge is 0.360 e. The van der Waals surface area contributed by atoms with Gasteiger partial charge in [0.25, 0.3) is 0 Å². The minimum absolute atomic E-state index is 0. The Morgan fingerprint density at radius 2 is 0.763 bits per heavy atom. The molecule has 3 aromatic rings. The van der Waals surface area contributed by atoms with Gasteiger partial charge in [0.05, 0.1) is 11.8 Å². The van der Waals surface area contributed by atoms with Crippen LogP contribution < -0.4 is 0 Å². The van der Waals surface area contributed by atoms with E-state index < -0.39 is 0 Å². The first-order valence-corrected chi connectivity index (χ1v) is 11.7. The second-order valence-electron chi connectivity index (χ2n) is 8.01. The SMILES string of the molecule is [CH]1[CH][CH][CH][CH]1.[CH]1[CH][CH][CH][CH]1.[CH]1[CH][CH][C](c2cc(-c3cccc(-c4cc([C]5[CH][CH][CH][CH]5)on4)c3)no2)[CH]1.[Fe+2].[Fe+2]. The van der Waals surface area contributed by atoms with Crippen LogP contribution in [0.3, 0.4) is 0 Å². The molecule has 4 aliphatic carbocycles. The van der Waals surface area contributed by atoms with Gasteiger partial charge in [-0.3, -0.25) is 0 Å². The zero-order chi connectivity index (χ0) is 24.4. The molecule has 186 valence electrons. The third-order valence-corrected chi connectivity index (χ3v) is 5.48. The quantitative estimate of drug-likeness (QED) is 0.329. The molecule has 0 N–H and O–H groups in total. The Morgan fingerprint density at radius 3 is 1.11 bits per heavy atom. The molecule has 2 heterocycles. The molecule has 4 aliphatic rings. The first-order valence-electron chi connectivity index (χ1n) is 11.7. The van der Waals surface area contributed by atoms with E-state index in [4.69, 9.17) is 9.05 Å². The molecule has 38 heavy (non-hydrogen) atoms. The van der Waals surface area contributed by atoms with Crippen molar-refractivity contribution in [3.63, 3.8) is 0 Å². The molecule has 7 rings (SSSR count). The standard InChI is InChI=1S/C22H14N2O2.2C5H5.2Fe/c1-2-7-15(6-1)21-13-19(23-25-21)17-10-5-11-18(12-17)20-14-22(26-24-20)16-8-3-4-9-16;2*1-2-4-5-3-1;;/h1-14H;2*1-5H;;/q;;;2*+2. The minimum atomic E-state index is 0. The number of hydrogen-bond donors (Lipinski definition) is 0. The van der Waals surface area contributed by atoms with Crippen molar-refractivity contribution < 1.29 is 43.2 Å². The van der Waals surface area contributed by atoms with Gasteiger partial charge in [-0.2, -0.15) is 0 Å². The average Bonchev–Trinajstić information content (AvgIpc) is 3.81. The second-order valence-corrected chi connectivity index (χ2v) is 8.01. The number of benzene rings is 1. The monoisotopic (exact) mass is 580 g/mol. The molecule has 1 aromatic carbocycles. The van der Waals surface area contributed by atoms with Gasteiger partial charge in [-0.05, 0) is 122 Å². The van der Waals surface area contributed by atoms with Gasteiger partial charge in [0.15, 0.2) is 0 Å². The number of nitrogens with zero attached hydrogens (tertiary/aromatic N) is 2. The van der Waals surface area contributed by atoms with Gasteiger partial charge in [0.2, 0.25) is 0 Å². The molecular formula is C32H24Fe2N2O2+4. The van der Waals surface area contributed by atoms with Crippen molar-refractivity contribution in [3.05, 3.63) is 175 Å². The molecule has 0 amide bonds. The van der Waals surface area contributed by atoms with Crippen LogP contribution in [0.5, 0.6) is 0 Å². The van der Waals surface area contributed by atoms with Gasteiger partial charge in [-0.25, -0.2) is 0 Å². The fourth-order valence-corrected chi connectivity index (χ4v) is 3.65. The van der Waals surface area contributed by atoms with Crippen LogP contribution in [0.2, 0.25) is 0 Å². The van der Waals surface area contributed by atoms with Crippen LogP contribution in [0.1, 0.15) is 11.5 Å². The van der Waals surface area contributed by atoms with Crippen molar-refractivity contribution in [1.82, 2.24) is 10.3 Å². The van der Waals surface area contributed by atoms with Gasteiger partial charge < -0.3 is 9.05 Å². The summed E-state index contributed by atoms with van der Waals surface area (Å²) >= 11 is 0. The van der Waals surface area contributed by atoms with Crippen LogP contribution >= 0.6 is 0 Å². The predicted octanol–water partition coefficient (Wildman–Crippen LogP) is 6.54. The van der Waals surface area contributed by atoms with Crippen molar-refractivity contribution >= 4 is 0 Å². The molecule has 0 bridgehead atoms. The zero-order valence-electron chi connectivity index (χ0n) is 20.3. The van der Waals surface area contributed by atoms with Crippen LogP contribution in [0.25, 0.3) is 22.5 Å². The Bertz CT molecular complexity index is 948. The fraction of sp³-hybridized carbons (Fsp3) is 0. The molecule has 0 saturated heterocycles. The maximum absolute atomic E-state index is 5.48. The minimum Gasteiger partial charge on any atom is -0.360 e. The van der Waals surface area contributed by atoms with E-state index in [1.165, 1.54) is 0 Å². The third-order valence-electron chi connectivity index (χ3n) is 5.48. The molecule has 20 radical (unpaired) electrons. The molecule has 4 fully saturated rings. The average molecular weight is 580 g/mol. The zero-order valence-corrected chi connectivity index (χ0v) is 22.5. The van der Waals surface area contributed by atoms with E-state index >= 15 is 0 Å². The van der Waals surface area contributed by atoms with E-state index in [0.29, 0.717) is 0 Å². The maximum Gasteiger partial charge on any atom is 2.00 e. The molecular weight excluding hydrogens is 556 g/mol. The van der Waals surface area contributed by atoms with Crippen molar-refractivity contribution in [1.29, 1.82) is 0 Å². The summed E-state index contributed by atoms with van der Waals surface area (Å²) in [7, 11) is 0. The van der Waals surface area contributed by atoms with Crippen LogP contribution in [0.15, 0.2) is 45.4 Å². The first-order chi connectivity index (χ1) is 17.9. The molecule has 0 spiro atoms. The first kappa shape index (κ1) is 31.2. The van der Waals surface area contributed by atoms with E-state index in [2.05, 4.69) is 10.3 Å². The third kappa shape index (κ3) is 8.85. The summed E-state index contributed by atoms with van der Waals surface area (Å²) in [5, 5.41) is 8.41. The van der Waals surface area contributed by atoms with E-state index in [1.54, 1.807) is 0 Å². The Kier molecular flexibility index (Phi) is 13.7. The Hall–Kier alpha value is -1.32. The second kappa shape index (κ2) is 16.7. The van der Waals surface area contributed by atoms with Crippen LogP contribution in [0.4, 0.5) is 0 Å². The van der Waals surface area contributed by atoms with Crippen LogP contribution in [-0.2, 0) is 34.1 Å². The summed E-state index contributed by atoms with van der Waals surface area (Å²) in [6, 6.07) is 11.9. The Balaban J connectivity index is 0.000000280. The van der Waals surface area contributed by atoms with Gasteiger partial charge in [0, 0.05) is 23.3 Å². The van der Waals surface area contributed by atoms with E-state index in [1.807, 2.05) is 152 Å².